The largest absolute Gasteiger partial charge is 0.342 e. The van der Waals surface area contributed by atoms with Crippen molar-refractivity contribution in [1.29, 1.82) is 0 Å². The van der Waals surface area contributed by atoms with Crippen molar-refractivity contribution in [1.82, 2.24) is 18.7 Å². The van der Waals surface area contributed by atoms with Gasteiger partial charge in [-0.3, -0.25) is 18.5 Å². The Hall–Kier alpha value is -2.61. The van der Waals surface area contributed by atoms with Gasteiger partial charge in [0, 0.05) is 36.3 Å². The van der Waals surface area contributed by atoms with E-state index in [9.17, 15) is 14.0 Å². The molecular weight excluding hydrogens is 445 g/mol. The summed E-state index contributed by atoms with van der Waals surface area (Å²) >= 11 is 6.36. The molecule has 1 aliphatic heterocycles. The fourth-order valence-electron chi connectivity index (χ4n) is 4.75. The molecule has 0 radical (unpaired) electrons. The average molecular weight is 474 g/mol. The lowest BCUT2D eigenvalue weighted by atomic mass is 10.1. The van der Waals surface area contributed by atoms with Gasteiger partial charge in [0.1, 0.15) is 5.82 Å². The van der Waals surface area contributed by atoms with E-state index in [1.165, 1.54) is 10.6 Å². The van der Waals surface area contributed by atoms with Crippen molar-refractivity contribution < 1.29 is 4.39 Å². The lowest BCUT2D eigenvalue weighted by Gasteiger charge is -2.28. The van der Waals surface area contributed by atoms with Crippen LogP contribution in [0.4, 0.5) is 10.3 Å². The number of hydrogen-bond acceptors (Lipinski definition) is 4. The summed E-state index contributed by atoms with van der Waals surface area (Å²) in [7, 11) is 0. The fraction of sp³-hybridized carbons (Fsp3) is 0.542. The molecule has 7 nitrogen and oxygen atoms in total. The molecule has 0 N–H and O–H groups in total. The van der Waals surface area contributed by atoms with Gasteiger partial charge < -0.3 is 4.90 Å². The second kappa shape index (κ2) is 8.63. The molecular formula is C24H29ClFN5O2. The van der Waals surface area contributed by atoms with Crippen molar-refractivity contribution in [2.24, 2.45) is 5.92 Å². The molecule has 0 spiro atoms. The molecule has 176 valence electrons. The number of piperidine rings is 1. The highest BCUT2D eigenvalue weighted by molar-refractivity contribution is 6.31. The summed E-state index contributed by atoms with van der Waals surface area (Å²) in [4.78, 5) is 34.0. The summed E-state index contributed by atoms with van der Waals surface area (Å²) in [6.45, 7) is 5.88. The Morgan fingerprint density at radius 3 is 2.48 bits per heavy atom. The Balaban J connectivity index is 1.80. The number of hydrogen-bond donors (Lipinski definition) is 0. The Kier molecular flexibility index (Phi) is 5.80. The third-order valence-electron chi connectivity index (χ3n) is 6.71. The SMILES string of the molecule is CC(C)n1c(=O)c2c(nc(N3CCCCC3)n2Cc2c(F)cccc2Cl)n(CC2CC2)c1=O. The van der Waals surface area contributed by atoms with E-state index in [0.29, 0.717) is 40.2 Å². The van der Waals surface area contributed by atoms with Gasteiger partial charge in [-0.2, -0.15) is 4.98 Å². The van der Waals surface area contributed by atoms with E-state index in [-0.39, 0.29) is 23.8 Å². The van der Waals surface area contributed by atoms with Crippen molar-refractivity contribution in [3.8, 4) is 0 Å². The standard InChI is InChI=1S/C24H29ClFN5O2/c1-15(2)31-22(32)20-21(30(24(31)33)13-16-9-10-16)27-23(28-11-4-3-5-12-28)29(20)14-17-18(25)7-6-8-19(17)26/h6-8,15-16H,3-5,9-14H2,1-2H3. The molecule has 1 aromatic carbocycles. The van der Waals surface area contributed by atoms with Crippen LogP contribution in [0.3, 0.4) is 0 Å². The van der Waals surface area contributed by atoms with Gasteiger partial charge in [-0.1, -0.05) is 17.7 Å². The van der Waals surface area contributed by atoms with Crippen LogP contribution in [-0.4, -0.2) is 31.8 Å². The number of halogens is 2. The van der Waals surface area contributed by atoms with E-state index in [1.807, 2.05) is 13.8 Å². The van der Waals surface area contributed by atoms with Gasteiger partial charge in [-0.15, -0.1) is 0 Å². The van der Waals surface area contributed by atoms with E-state index >= 15 is 0 Å². The molecule has 0 amide bonds. The van der Waals surface area contributed by atoms with Crippen LogP contribution < -0.4 is 16.1 Å². The van der Waals surface area contributed by atoms with Gasteiger partial charge in [0.25, 0.3) is 5.56 Å². The molecule has 1 saturated carbocycles. The third kappa shape index (κ3) is 3.98. The molecule has 1 aliphatic carbocycles. The smallest absolute Gasteiger partial charge is 0.332 e. The number of fused-ring (bicyclic) bond motifs is 1. The zero-order chi connectivity index (χ0) is 23.3. The zero-order valence-corrected chi connectivity index (χ0v) is 19.8. The van der Waals surface area contributed by atoms with Crippen molar-refractivity contribution in [3.63, 3.8) is 0 Å². The molecule has 2 aromatic heterocycles. The summed E-state index contributed by atoms with van der Waals surface area (Å²) < 4.78 is 19.5. The number of rotatable bonds is 6. The molecule has 0 atom stereocenters. The van der Waals surface area contributed by atoms with E-state index in [4.69, 9.17) is 16.6 Å². The Morgan fingerprint density at radius 2 is 1.85 bits per heavy atom. The molecule has 0 unspecified atom stereocenters. The molecule has 5 rings (SSSR count). The summed E-state index contributed by atoms with van der Waals surface area (Å²) in [6.07, 6.45) is 5.32. The number of nitrogens with zero attached hydrogens (tertiary/aromatic N) is 5. The first-order chi connectivity index (χ1) is 15.9. The van der Waals surface area contributed by atoms with Crippen molar-refractivity contribution in [2.75, 3.05) is 18.0 Å². The molecule has 2 aliphatic rings. The summed E-state index contributed by atoms with van der Waals surface area (Å²) in [5.41, 5.74) is 0.325. The van der Waals surface area contributed by atoms with Gasteiger partial charge in [-0.25, -0.2) is 9.18 Å². The summed E-state index contributed by atoms with van der Waals surface area (Å²) in [5, 5.41) is 0.303. The molecule has 9 heteroatoms. The molecule has 3 aromatic rings. The number of benzene rings is 1. The first kappa shape index (κ1) is 22.2. The summed E-state index contributed by atoms with van der Waals surface area (Å²) in [5.74, 6) is 0.601. The van der Waals surface area contributed by atoms with Crippen LogP contribution in [-0.2, 0) is 13.1 Å². The lowest BCUT2D eigenvalue weighted by Crippen LogP contribution is -2.42. The first-order valence-electron chi connectivity index (χ1n) is 11.8. The van der Waals surface area contributed by atoms with Crippen LogP contribution >= 0.6 is 11.6 Å². The third-order valence-corrected chi connectivity index (χ3v) is 7.07. The molecule has 0 bridgehead atoms. The van der Waals surface area contributed by atoms with Crippen LogP contribution in [0, 0.1) is 11.7 Å². The van der Waals surface area contributed by atoms with Gasteiger partial charge in [0.2, 0.25) is 5.95 Å². The van der Waals surface area contributed by atoms with Gasteiger partial charge in [0.15, 0.2) is 11.2 Å². The zero-order valence-electron chi connectivity index (χ0n) is 19.1. The molecule has 3 heterocycles. The van der Waals surface area contributed by atoms with Crippen molar-refractivity contribution >= 4 is 28.7 Å². The summed E-state index contributed by atoms with van der Waals surface area (Å²) in [6, 6.07) is 4.28. The predicted molar refractivity (Wildman–Crippen MR) is 128 cm³/mol. The highest BCUT2D eigenvalue weighted by Crippen LogP contribution is 2.32. The minimum absolute atomic E-state index is 0.0722. The van der Waals surface area contributed by atoms with Crippen molar-refractivity contribution in [2.45, 2.75) is 65.1 Å². The van der Waals surface area contributed by atoms with E-state index < -0.39 is 5.82 Å². The van der Waals surface area contributed by atoms with Crippen LogP contribution in [0.5, 0.6) is 0 Å². The monoisotopic (exact) mass is 473 g/mol. The second-order valence-corrected chi connectivity index (χ2v) is 9.93. The number of imidazole rings is 1. The molecule has 2 fully saturated rings. The Bertz CT molecular complexity index is 1290. The highest BCUT2D eigenvalue weighted by atomic mass is 35.5. The fourth-order valence-corrected chi connectivity index (χ4v) is 4.98. The minimum atomic E-state index is -0.426. The maximum Gasteiger partial charge on any atom is 0.332 e. The Morgan fingerprint density at radius 1 is 1.12 bits per heavy atom. The van der Waals surface area contributed by atoms with Crippen LogP contribution in [0.1, 0.15) is 57.6 Å². The first-order valence-corrected chi connectivity index (χ1v) is 12.2. The topological polar surface area (TPSA) is 65.1 Å². The maximum atomic E-state index is 14.8. The molecule has 1 saturated heterocycles. The highest BCUT2D eigenvalue weighted by Gasteiger charge is 2.30. The van der Waals surface area contributed by atoms with Crippen LogP contribution in [0.25, 0.3) is 11.2 Å². The normalized spacial score (nSPS) is 16.8. The predicted octanol–water partition coefficient (Wildman–Crippen LogP) is 4.18. The maximum absolute atomic E-state index is 14.8. The van der Waals surface area contributed by atoms with Gasteiger partial charge >= 0.3 is 5.69 Å². The molecule has 33 heavy (non-hydrogen) atoms. The van der Waals surface area contributed by atoms with E-state index in [2.05, 4.69) is 4.90 Å². The number of aromatic nitrogens is 4. The van der Waals surface area contributed by atoms with Crippen LogP contribution in [0.15, 0.2) is 27.8 Å². The minimum Gasteiger partial charge on any atom is -0.342 e. The van der Waals surface area contributed by atoms with Gasteiger partial charge in [-0.05, 0) is 64.0 Å². The van der Waals surface area contributed by atoms with Crippen molar-refractivity contribution in [3.05, 3.63) is 55.4 Å². The second-order valence-electron chi connectivity index (χ2n) is 9.52. The quantitative estimate of drug-likeness (QED) is 0.538. The van der Waals surface area contributed by atoms with Crippen LogP contribution in [0.2, 0.25) is 5.02 Å². The lowest BCUT2D eigenvalue weighted by molar-refractivity contribution is 0.498. The van der Waals surface area contributed by atoms with Gasteiger partial charge in [0.05, 0.1) is 6.54 Å². The van der Waals surface area contributed by atoms with E-state index in [0.717, 1.165) is 45.2 Å². The Labute approximate surface area is 196 Å². The van der Waals surface area contributed by atoms with E-state index in [1.54, 1.807) is 21.3 Å². The average Bonchev–Trinajstić information content (AvgIpc) is 3.53. The number of anilines is 1.